The molecule has 8 nitrogen and oxygen atoms in total. The molecular weight excluding hydrogens is 542 g/mol. The number of nitrogens with zero attached hydrogens (tertiary/aromatic N) is 1. The number of benzene rings is 3. The van der Waals surface area contributed by atoms with Crippen LogP contribution < -0.4 is 24.8 Å². The van der Waals surface area contributed by atoms with E-state index in [1.807, 2.05) is 68.4 Å². The van der Waals surface area contributed by atoms with Crippen LogP contribution in [-0.2, 0) is 24.3 Å². The van der Waals surface area contributed by atoms with Crippen molar-refractivity contribution in [3.8, 4) is 17.2 Å². The van der Waals surface area contributed by atoms with Crippen molar-refractivity contribution < 1.29 is 23.8 Å². The minimum atomic E-state index is -0.128. The van der Waals surface area contributed by atoms with Gasteiger partial charge in [0, 0.05) is 37.3 Å². The van der Waals surface area contributed by atoms with Gasteiger partial charge >= 0.3 is 0 Å². The van der Waals surface area contributed by atoms with Crippen molar-refractivity contribution in [1.29, 1.82) is 0 Å². The molecule has 1 aliphatic heterocycles. The van der Waals surface area contributed by atoms with E-state index in [2.05, 4.69) is 27.7 Å². The lowest BCUT2D eigenvalue weighted by molar-refractivity contribution is -0.122. The molecule has 0 bridgehead atoms. The smallest absolute Gasteiger partial charge is 0.251 e. The number of carbonyl (C=O) groups excluding carboxylic acids is 2. The van der Waals surface area contributed by atoms with Crippen LogP contribution in [0.4, 0.5) is 0 Å². The van der Waals surface area contributed by atoms with Crippen molar-refractivity contribution in [1.82, 2.24) is 15.5 Å². The molecule has 3 aromatic rings. The van der Waals surface area contributed by atoms with Crippen LogP contribution in [0.25, 0.3) is 0 Å². The zero-order valence-corrected chi connectivity index (χ0v) is 25.5. The summed E-state index contributed by atoms with van der Waals surface area (Å²) in [4.78, 5) is 27.9. The first kappa shape index (κ1) is 31.9. The van der Waals surface area contributed by atoms with E-state index in [0.717, 1.165) is 60.3 Å². The maximum Gasteiger partial charge on any atom is 0.251 e. The Morgan fingerprint density at radius 2 is 1.72 bits per heavy atom. The third-order valence-electron chi connectivity index (χ3n) is 7.28. The molecule has 1 aliphatic rings. The fourth-order valence-corrected chi connectivity index (χ4v) is 5.13. The second-order valence-electron chi connectivity index (χ2n) is 10.7. The van der Waals surface area contributed by atoms with Gasteiger partial charge in [0.1, 0.15) is 5.75 Å². The van der Waals surface area contributed by atoms with Crippen molar-refractivity contribution in [2.24, 2.45) is 0 Å². The standard InChI is InChI=1S/C35H45N3O5/c1-3-41-31-18-15-27(22-33(31)42-4-2)14-11-20-37-35(40)29-16-17-30-25-38(24-28-12-7-5-8-13-28)26-34(39)36-19-9-6-10-21-43-32(30)23-29/h5,7-8,12-13,15-18,22-23H,3-4,6,9-11,14,19-21,24-26H2,1-2H3,(H,36,39)(H,37,40). The summed E-state index contributed by atoms with van der Waals surface area (Å²) in [7, 11) is 0. The second kappa shape index (κ2) is 17.2. The van der Waals surface area contributed by atoms with Crippen molar-refractivity contribution in [2.75, 3.05) is 39.5 Å². The highest BCUT2D eigenvalue weighted by Gasteiger charge is 2.17. The number of ether oxygens (including phenoxy) is 3. The van der Waals surface area contributed by atoms with Crippen molar-refractivity contribution >= 4 is 11.8 Å². The molecule has 230 valence electrons. The average Bonchev–Trinajstić information content (AvgIpc) is 3.02. The van der Waals surface area contributed by atoms with Crippen molar-refractivity contribution in [3.05, 3.63) is 89.0 Å². The molecule has 3 aromatic carbocycles. The molecule has 0 saturated carbocycles. The molecule has 0 aromatic heterocycles. The van der Waals surface area contributed by atoms with Gasteiger partial charge in [-0.05, 0) is 81.3 Å². The highest BCUT2D eigenvalue weighted by Crippen LogP contribution is 2.29. The monoisotopic (exact) mass is 587 g/mol. The van der Waals surface area contributed by atoms with Gasteiger partial charge in [-0.25, -0.2) is 0 Å². The topological polar surface area (TPSA) is 89.1 Å². The van der Waals surface area contributed by atoms with Crippen LogP contribution in [-0.4, -0.2) is 56.2 Å². The van der Waals surface area contributed by atoms with Gasteiger partial charge in [-0.2, -0.15) is 0 Å². The van der Waals surface area contributed by atoms with Crippen LogP contribution in [0.5, 0.6) is 17.2 Å². The first-order chi connectivity index (χ1) is 21.1. The highest BCUT2D eigenvalue weighted by atomic mass is 16.5. The Labute approximate surface area is 255 Å². The van der Waals surface area contributed by atoms with Crippen LogP contribution in [0.2, 0.25) is 0 Å². The molecule has 1 heterocycles. The van der Waals surface area contributed by atoms with E-state index >= 15 is 0 Å². The van der Waals surface area contributed by atoms with E-state index in [0.29, 0.717) is 57.3 Å². The largest absolute Gasteiger partial charge is 0.493 e. The van der Waals surface area contributed by atoms with E-state index in [4.69, 9.17) is 14.2 Å². The van der Waals surface area contributed by atoms with Crippen LogP contribution in [0.3, 0.4) is 0 Å². The van der Waals surface area contributed by atoms with Crippen molar-refractivity contribution in [2.45, 2.75) is 59.0 Å². The minimum Gasteiger partial charge on any atom is -0.493 e. The molecule has 8 heteroatoms. The Kier molecular flexibility index (Phi) is 12.7. The quantitative estimate of drug-likeness (QED) is 0.287. The van der Waals surface area contributed by atoms with Gasteiger partial charge < -0.3 is 24.8 Å². The van der Waals surface area contributed by atoms with E-state index in [-0.39, 0.29) is 18.4 Å². The van der Waals surface area contributed by atoms with Gasteiger partial charge in [0.2, 0.25) is 5.91 Å². The Morgan fingerprint density at radius 3 is 2.53 bits per heavy atom. The lowest BCUT2D eigenvalue weighted by atomic mass is 10.1. The predicted octanol–water partition coefficient (Wildman–Crippen LogP) is 5.53. The van der Waals surface area contributed by atoms with Crippen LogP contribution in [0.1, 0.15) is 66.6 Å². The molecule has 0 spiro atoms. The molecule has 0 atom stereocenters. The maximum atomic E-state index is 13.1. The summed E-state index contributed by atoms with van der Waals surface area (Å²) >= 11 is 0. The number of aryl methyl sites for hydroxylation is 1. The lowest BCUT2D eigenvalue weighted by Crippen LogP contribution is -2.37. The highest BCUT2D eigenvalue weighted by molar-refractivity contribution is 5.94. The molecule has 2 N–H and O–H groups in total. The normalized spacial score (nSPS) is 14.6. The maximum absolute atomic E-state index is 13.1. The molecule has 43 heavy (non-hydrogen) atoms. The molecule has 2 amide bonds. The van der Waals surface area contributed by atoms with Crippen molar-refractivity contribution in [3.63, 3.8) is 0 Å². The Morgan fingerprint density at radius 1 is 0.907 bits per heavy atom. The molecular formula is C35H45N3O5. The van der Waals surface area contributed by atoms with Gasteiger partial charge in [-0.1, -0.05) is 42.5 Å². The van der Waals surface area contributed by atoms with Crippen LogP contribution in [0, 0.1) is 0 Å². The first-order valence-corrected chi connectivity index (χ1v) is 15.5. The third kappa shape index (κ3) is 10.3. The zero-order chi connectivity index (χ0) is 30.3. The summed E-state index contributed by atoms with van der Waals surface area (Å²) in [5.74, 6) is 2.10. The fourth-order valence-electron chi connectivity index (χ4n) is 5.13. The van der Waals surface area contributed by atoms with Crippen LogP contribution >= 0.6 is 0 Å². The van der Waals surface area contributed by atoms with Gasteiger partial charge in [0.25, 0.3) is 5.91 Å². The average molecular weight is 588 g/mol. The second-order valence-corrected chi connectivity index (χ2v) is 10.7. The summed E-state index contributed by atoms with van der Waals surface area (Å²) in [6.45, 7) is 8.31. The van der Waals surface area contributed by atoms with Gasteiger partial charge in [-0.3, -0.25) is 14.5 Å². The number of fused-ring (bicyclic) bond motifs is 1. The van der Waals surface area contributed by atoms with E-state index in [1.165, 1.54) is 0 Å². The Bertz CT molecular complexity index is 1310. The predicted molar refractivity (Wildman–Crippen MR) is 169 cm³/mol. The summed E-state index contributed by atoms with van der Waals surface area (Å²) in [5, 5.41) is 6.11. The summed E-state index contributed by atoms with van der Waals surface area (Å²) < 4.78 is 17.6. The number of rotatable bonds is 11. The lowest BCUT2D eigenvalue weighted by Gasteiger charge is -2.23. The summed E-state index contributed by atoms with van der Waals surface area (Å²) in [6.07, 6.45) is 4.36. The van der Waals surface area contributed by atoms with Crippen LogP contribution in [0.15, 0.2) is 66.7 Å². The third-order valence-corrected chi connectivity index (χ3v) is 7.28. The molecule has 0 radical (unpaired) electrons. The Balaban J connectivity index is 1.40. The molecule has 0 fully saturated rings. The Hall–Kier alpha value is -4.04. The minimum absolute atomic E-state index is 0.0213. The summed E-state index contributed by atoms with van der Waals surface area (Å²) in [5.41, 5.74) is 3.80. The number of hydrogen-bond acceptors (Lipinski definition) is 6. The zero-order valence-electron chi connectivity index (χ0n) is 25.5. The molecule has 4 rings (SSSR count). The van der Waals surface area contributed by atoms with E-state index < -0.39 is 0 Å². The SMILES string of the molecule is CCOc1ccc(CCCNC(=O)c2ccc3c(c2)OCCCCCNC(=O)CN(Cc2ccccc2)C3)cc1OCC. The molecule has 0 aliphatic carbocycles. The fraction of sp³-hybridized carbons (Fsp3) is 0.429. The summed E-state index contributed by atoms with van der Waals surface area (Å²) in [6, 6.07) is 21.8. The number of hydrogen-bond donors (Lipinski definition) is 2. The molecule has 0 saturated heterocycles. The van der Waals surface area contributed by atoms with E-state index in [9.17, 15) is 9.59 Å². The number of carbonyl (C=O) groups is 2. The van der Waals surface area contributed by atoms with Gasteiger partial charge in [0.15, 0.2) is 11.5 Å². The number of amides is 2. The first-order valence-electron chi connectivity index (χ1n) is 15.5. The number of nitrogens with one attached hydrogen (secondary N) is 2. The van der Waals surface area contributed by atoms with E-state index in [1.54, 1.807) is 0 Å². The van der Waals surface area contributed by atoms with Gasteiger partial charge in [-0.15, -0.1) is 0 Å². The molecule has 0 unspecified atom stereocenters. The van der Waals surface area contributed by atoms with Gasteiger partial charge in [0.05, 0.1) is 26.4 Å².